The number of benzene rings is 2. The van der Waals surface area contributed by atoms with Crippen LogP contribution in [0.5, 0.6) is 0 Å². The molecule has 0 aliphatic rings. The molecular weight excluding hydrogens is 374 g/mol. The minimum atomic E-state index is -3.77. The Morgan fingerprint density at radius 1 is 1.07 bits per heavy atom. The number of nitrogens with one attached hydrogen (secondary N) is 1. The molecular formula is C22H25NO4S. The van der Waals surface area contributed by atoms with Gasteiger partial charge < -0.3 is 4.74 Å². The second kappa shape index (κ2) is 10.0. The summed E-state index contributed by atoms with van der Waals surface area (Å²) in [5.41, 5.74) is 2.37. The van der Waals surface area contributed by atoms with Gasteiger partial charge in [0.05, 0.1) is 17.5 Å². The third kappa shape index (κ3) is 5.90. The minimum absolute atomic E-state index is 0.184. The predicted octanol–water partition coefficient (Wildman–Crippen LogP) is 4.08. The molecule has 0 aromatic heterocycles. The topological polar surface area (TPSA) is 72.5 Å². The number of carbonyl (C=O) groups excluding carboxylic acids is 1. The highest BCUT2D eigenvalue weighted by Crippen LogP contribution is 2.25. The SMILES string of the molecule is C/C=C(\C=C\C(=O)OCC)C(NS(=O)(=O)c1ccc(C)cc1)c1ccccc1. The van der Waals surface area contributed by atoms with Crippen molar-refractivity contribution in [2.45, 2.75) is 31.7 Å². The van der Waals surface area contributed by atoms with E-state index >= 15 is 0 Å². The summed E-state index contributed by atoms with van der Waals surface area (Å²) in [5.74, 6) is -0.477. The van der Waals surface area contributed by atoms with Crippen molar-refractivity contribution in [3.05, 3.63) is 89.5 Å². The maximum Gasteiger partial charge on any atom is 0.330 e. The fourth-order valence-corrected chi connectivity index (χ4v) is 3.84. The number of allylic oxidation sites excluding steroid dienone is 1. The zero-order chi connectivity index (χ0) is 20.6. The van der Waals surface area contributed by atoms with Crippen LogP contribution in [0.3, 0.4) is 0 Å². The van der Waals surface area contributed by atoms with E-state index in [0.717, 1.165) is 11.1 Å². The lowest BCUT2D eigenvalue weighted by molar-refractivity contribution is -0.137. The summed E-state index contributed by atoms with van der Waals surface area (Å²) in [5, 5.41) is 0. The van der Waals surface area contributed by atoms with E-state index in [1.807, 2.05) is 37.3 Å². The van der Waals surface area contributed by atoms with Crippen molar-refractivity contribution in [3.63, 3.8) is 0 Å². The number of ether oxygens (including phenoxy) is 1. The Morgan fingerprint density at radius 3 is 2.29 bits per heavy atom. The summed E-state index contributed by atoms with van der Waals surface area (Å²) in [6.07, 6.45) is 4.65. The van der Waals surface area contributed by atoms with Crippen LogP contribution in [0.1, 0.15) is 31.0 Å². The highest BCUT2D eigenvalue weighted by molar-refractivity contribution is 7.89. The van der Waals surface area contributed by atoms with Gasteiger partial charge >= 0.3 is 5.97 Å². The van der Waals surface area contributed by atoms with Crippen molar-refractivity contribution in [1.82, 2.24) is 4.72 Å². The molecule has 0 bridgehead atoms. The zero-order valence-corrected chi connectivity index (χ0v) is 17.1. The number of esters is 1. The second-order valence-corrected chi connectivity index (χ2v) is 7.87. The Balaban J connectivity index is 2.39. The number of aryl methyl sites for hydroxylation is 1. The molecule has 2 aromatic rings. The monoisotopic (exact) mass is 399 g/mol. The molecule has 0 spiro atoms. The first-order chi connectivity index (χ1) is 13.4. The van der Waals surface area contributed by atoms with Gasteiger partial charge in [-0.25, -0.2) is 13.2 Å². The lowest BCUT2D eigenvalue weighted by Gasteiger charge is -2.21. The molecule has 6 heteroatoms. The van der Waals surface area contributed by atoms with E-state index < -0.39 is 22.0 Å². The normalized spacial score (nSPS) is 13.5. The number of hydrogen-bond acceptors (Lipinski definition) is 4. The molecule has 0 aliphatic heterocycles. The Morgan fingerprint density at radius 2 is 1.71 bits per heavy atom. The predicted molar refractivity (Wildman–Crippen MR) is 110 cm³/mol. The van der Waals surface area contributed by atoms with Crippen LogP contribution in [0.4, 0.5) is 0 Å². The third-order valence-electron chi connectivity index (χ3n) is 4.10. The van der Waals surface area contributed by atoms with E-state index in [2.05, 4.69) is 4.72 Å². The lowest BCUT2D eigenvalue weighted by Crippen LogP contribution is -2.29. The Kier molecular flexibility index (Phi) is 7.72. The van der Waals surface area contributed by atoms with Crippen LogP contribution in [0, 0.1) is 6.92 Å². The van der Waals surface area contributed by atoms with Gasteiger partial charge in [-0.2, -0.15) is 4.72 Å². The average Bonchev–Trinajstić information content (AvgIpc) is 2.68. The van der Waals surface area contributed by atoms with Crippen molar-refractivity contribution in [2.24, 2.45) is 0 Å². The average molecular weight is 400 g/mol. The van der Waals surface area contributed by atoms with Crippen LogP contribution < -0.4 is 4.72 Å². The molecule has 0 fully saturated rings. The highest BCUT2D eigenvalue weighted by atomic mass is 32.2. The number of sulfonamides is 1. The van der Waals surface area contributed by atoms with E-state index in [9.17, 15) is 13.2 Å². The molecule has 0 heterocycles. The highest BCUT2D eigenvalue weighted by Gasteiger charge is 2.23. The van der Waals surface area contributed by atoms with E-state index in [1.165, 1.54) is 6.08 Å². The first kappa shape index (κ1) is 21.6. The Labute approximate surface area is 166 Å². The smallest absolute Gasteiger partial charge is 0.330 e. The van der Waals surface area contributed by atoms with Crippen molar-refractivity contribution in [2.75, 3.05) is 6.61 Å². The Bertz CT molecular complexity index is 946. The summed E-state index contributed by atoms with van der Waals surface area (Å²) in [6, 6.07) is 15.2. The van der Waals surface area contributed by atoms with Crippen LogP contribution in [0.25, 0.3) is 0 Å². The van der Waals surface area contributed by atoms with E-state index in [1.54, 1.807) is 50.3 Å². The molecule has 1 N–H and O–H groups in total. The van der Waals surface area contributed by atoms with Gasteiger partial charge in [0.25, 0.3) is 0 Å². The number of carbonyl (C=O) groups is 1. The summed E-state index contributed by atoms with van der Waals surface area (Å²) in [7, 11) is -3.77. The van der Waals surface area contributed by atoms with Crippen LogP contribution in [-0.2, 0) is 19.6 Å². The van der Waals surface area contributed by atoms with Gasteiger partial charge in [0, 0.05) is 6.08 Å². The molecule has 0 saturated carbocycles. The van der Waals surface area contributed by atoms with Gasteiger partial charge in [-0.15, -0.1) is 0 Å². The summed E-state index contributed by atoms with van der Waals surface area (Å²) in [6.45, 7) is 5.69. The molecule has 0 radical (unpaired) electrons. The number of hydrogen-bond donors (Lipinski definition) is 1. The van der Waals surface area contributed by atoms with Crippen molar-refractivity contribution < 1.29 is 17.9 Å². The third-order valence-corrected chi connectivity index (χ3v) is 5.54. The standard InChI is InChI=1S/C22H25NO4S/c1-4-18(13-16-21(24)27-5-2)22(19-9-7-6-8-10-19)23-28(25,26)20-14-11-17(3)12-15-20/h4,6-16,22-23H,5H2,1-3H3/b16-13+,18-4+. The molecule has 2 aromatic carbocycles. The van der Waals surface area contributed by atoms with Gasteiger partial charge in [0.15, 0.2) is 0 Å². The first-order valence-electron chi connectivity index (χ1n) is 9.02. The van der Waals surface area contributed by atoms with E-state index in [0.29, 0.717) is 5.57 Å². The molecule has 5 nitrogen and oxygen atoms in total. The van der Waals surface area contributed by atoms with Gasteiger partial charge in [0.1, 0.15) is 0 Å². The fraction of sp³-hybridized carbons (Fsp3) is 0.227. The van der Waals surface area contributed by atoms with Crippen molar-refractivity contribution in [3.8, 4) is 0 Å². The van der Waals surface area contributed by atoms with Gasteiger partial charge in [-0.1, -0.05) is 60.2 Å². The maximum atomic E-state index is 12.9. The minimum Gasteiger partial charge on any atom is -0.463 e. The maximum absolute atomic E-state index is 12.9. The summed E-state index contributed by atoms with van der Waals surface area (Å²) in [4.78, 5) is 11.9. The quantitative estimate of drug-likeness (QED) is 0.412. The fourth-order valence-electron chi connectivity index (χ4n) is 2.63. The molecule has 0 saturated heterocycles. The van der Waals surface area contributed by atoms with Gasteiger partial charge in [-0.05, 0) is 44.0 Å². The van der Waals surface area contributed by atoms with Crippen LogP contribution in [0.2, 0.25) is 0 Å². The molecule has 0 amide bonds. The largest absolute Gasteiger partial charge is 0.463 e. The van der Waals surface area contributed by atoms with Crippen LogP contribution in [0.15, 0.2) is 83.3 Å². The van der Waals surface area contributed by atoms with Gasteiger partial charge in [0.2, 0.25) is 10.0 Å². The first-order valence-corrected chi connectivity index (χ1v) is 10.5. The molecule has 28 heavy (non-hydrogen) atoms. The molecule has 1 unspecified atom stereocenters. The van der Waals surface area contributed by atoms with E-state index in [4.69, 9.17) is 4.74 Å². The summed E-state index contributed by atoms with van der Waals surface area (Å²) >= 11 is 0. The van der Waals surface area contributed by atoms with Crippen LogP contribution in [-0.4, -0.2) is 21.0 Å². The lowest BCUT2D eigenvalue weighted by atomic mass is 9.99. The van der Waals surface area contributed by atoms with Gasteiger partial charge in [-0.3, -0.25) is 0 Å². The Hall–Kier alpha value is -2.70. The second-order valence-electron chi connectivity index (χ2n) is 6.15. The molecule has 148 valence electrons. The number of rotatable bonds is 8. The summed E-state index contributed by atoms with van der Waals surface area (Å²) < 4.78 is 33.5. The molecule has 0 aliphatic carbocycles. The van der Waals surface area contributed by atoms with Crippen molar-refractivity contribution in [1.29, 1.82) is 0 Å². The van der Waals surface area contributed by atoms with Crippen molar-refractivity contribution >= 4 is 16.0 Å². The molecule has 1 atom stereocenters. The van der Waals surface area contributed by atoms with E-state index in [-0.39, 0.29) is 11.5 Å². The molecule has 2 rings (SSSR count). The van der Waals surface area contributed by atoms with Crippen LogP contribution >= 0.6 is 0 Å². The zero-order valence-electron chi connectivity index (χ0n) is 16.3.